The number of carbonyl (C=O) groups is 1. The van der Waals surface area contributed by atoms with Crippen molar-refractivity contribution in [2.24, 2.45) is 0 Å². The smallest absolute Gasteiger partial charge is 0.378 e. The van der Waals surface area contributed by atoms with E-state index >= 15 is 0 Å². The van der Waals surface area contributed by atoms with Gasteiger partial charge in [-0.2, -0.15) is 13.2 Å². The summed E-state index contributed by atoms with van der Waals surface area (Å²) in [6.07, 6.45) is -2.36. The second-order valence-corrected chi connectivity index (χ2v) is 9.62. The lowest BCUT2D eigenvalue weighted by Crippen LogP contribution is -2.50. The molecule has 0 bridgehead atoms. The lowest BCUT2D eigenvalue weighted by atomic mass is 10.0. The lowest BCUT2D eigenvalue weighted by Gasteiger charge is -2.34. The molecule has 0 unspecified atom stereocenters. The Labute approximate surface area is 174 Å². The van der Waals surface area contributed by atoms with Gasteiger partial charge in [0.05, 0.1) is 16.5 Å². The van der Waals surface area contributed by atoms with E-state index in [0.29, 0.717) is 25.9 Å². The quantitative estimate of drug-likeness (QED) is 0.718. The first-order valence-electron chi connectivity index (χ1n) is 9.92. The normalized spacial score (nSPS) is 21.1. The minimum Gasteiger partial charge on any atom is -0.378 e. The second-order valence-electron chi connectivity index (χ2n) is 7.94. The van der Waals surface area contributed by atoms with Crippen LogP contribution in [0.3, 0.4) is 0 Å². The fraction of sp³-hybridized carbons (Fsp3) is 0.632. The van der Waals surface area contributed by atoms with Gasteiger partial charge in [0.1, 0.15) is 0 Å². The molecule has 3 rings (SSSR count). The Hall–Kier alpha value is -1.85. The number of piperidine rings is 1. The monoisotopic (exact) mass is 448 g/mol. The Morgan fingerprint density at radius 2 is 1.87 bits per heavy atom. The molecule has 2 N–H and O–H groups in total. The molecule has 0 spiro atoms. The third kappa shape index (κ3) is 5.06. The molecular weight excluding hydrogens is 421 g/mol. The number of rotatable bonds is 5. The molecule has 1 aromatic rings. The SMILES string of the molecule is CN(C)c1ccc(S(=O)(=O)NC2CCN(C(=O)[C@H]3CCCN3)CC2)c(C(F)(F)F)c1. The summed E-state index contributed by atoms with van der Waals surface area (Å²) in [6.45, 7) is 1.55. The van der Waals surface area contributed by atoms with E-state index in [1.54, 1.807) is 19.0 Å². The number of halogens is 3. The molecule has 2 aliphatic rings. The molecule has 2 aliphatic heterocycles. The van der Waals surface area contributed by atoms with Crippen LogP contribution in [0.15, 0.2) is 23.1 Å². The third-order valence-electron chi connectivity index (χ3n) is 5.56. The molecule has 168 valence electrons. The number of hydrogen-bond acceptors (Lipinski definition) is 5. The first kappa shape index (κ1) is 22.8. The molecule has 0 aliphatic carbocycles. The van der Waals surface area contributed by atoms with E-state index in [1.165, 1.54) is 11.0 Å². The van der Waals surface area contributed by atoms with E-state index < -0.39 is 32.7 Å². The zero-order valence-electron chi connectivity index (χ0n) is 17.0. The van der Waals surface area contributed by atoms with E-state index in [1.807, 2.05) is 0 Å². The zero-order chi connectivity index (χ0) is 22.1. The topological polar surface area (TPSA) is 81.8 Å². The van der Waals surface area contributed by atoms with Crippen molar-refractivity contribution < 1.29 is 26.4 Å². The molecule has 7 nitrogen and oxygen atoms in total. The molecule has 0 saturated carbocycles. The molecule has 30 heavy (non-hydrogen) atoms. The summed E-state index contributed by atoms with van der Waals surface area (Å²) in [6, 6.07) is 2.46. The molecule has 2 saturated heterocycles. The van der Waals surface area contributed by atoms with Crippen LogP contribution in [0.5, 0.6) is 0 Å². The Bertz CT molecular complexity index is 876. The maximum atomic E-state index is 13.5. The second kappa shape index (κ2) is 8.72. The maximum absolute atomic E-state index is 13.5. The Balaban J connectivity index is 1.71. The number of amides is 1. The summed E-state index contributed by atoms with van der Waals surface area (Å²) < 4.78 is 68.5. The van der Waals surface area contributed by atoms with Crippen molar-refractivity contribution in [2.45, 2.75) is 48.8 Å². The number of nitrogens with one attached hydrogen (secondary N) is 2. The number of anilines is 1. The van der Waals surface area contributed by atoms with Gasteiger partial charge in [0.25, 0.3) is 0 Å². The van der Waals surface area contributed by atoms with Crippen LogP contribution in [0, 0.1) is 0 Å². The van der Waals surface area contributed by atoms with Crippen molar-refractivity contribution >= 4 is 21.6 Å². The van der Waals surface area contributed by atoms with Crippen LogP contribution in [0.25, 0.3) is 0 Å². The van der Waals surface area contributed by atoms with Crippen molar-refractivity contribution in [3.05, 3.63) is 23.8 Å². The van der Waals surface area contributed by atoms with Gasteiger partial charge in [0.2, 0.25) is 15.9 Å². The highest BCUT2D eigenvalue weighted by molar-refractivity contribution is 7.89. The van der Waals surface area contributed by atoms with Gasteiger partial charge in [-0.05, 0) is 50.4 Å². The predicted molar refractivity (Wildman–Crippen MR) is 107 cm³/mol. The van der Waals surface area contributed by atoms with Gasteiger partial charge in [-0.25, -0.2) is 13.1 Å². The molecule has 1 amide bonds. The van der Waals surface area contributed by atoms with Gasteiger partial charge in [-0.15, -0.1) is 0 Å². The molecule has 0 aromatic heterocycles. The van der Waals surface area contributed by atoms with Crippen LogP contribution < -0.4 is 14.9 Å². The molecular formula is C19H27F3N4O3S. The van der Waals surface area contributed by atoms with Crippen molar-refractivity contribution in [1.82, 2.24) is 14.9 Å². The van der Waals surface area contributed by atoms with Gasteiger partial charge in [0, 0.05) is 38.9 Å². The largest absolute Gasteiger partial charge is 0.417 e. The highest BCUT2D eigenvalue weighted by atomic mass is 32.2. The van der Waals surface area contributed by atoms with E-state index in [-0.39, 0.29) is 17.6 Å². The molecule has 2 heterocycles. The van der Waals surface area contributed by atoms with Gasteiger partial charge < -0.3 is 15.1 Å². The Kier molecular flexibility index (Phi) is 6.63. The van der Waals surface area contributed by atoms with Crippen LogP contribution >= 0.6 is 0 Å². The molecule has 0 radical (unpaired) electrons. The zero-order valence-corrected chi connectivity index (χ0v) is 17.8. The average molecular weight is 449 g/mol. The summed E-state index contributed by atoms with van der Waals surface area (Å²) in [7, 11) is -1.21. The summed E-state index contributed by atoms with van der Waals surface area (Å²) in [5.74, 6) is 0.00689. The molecule has 2 fully saturated rings. The van der Waals surface area contributed by atoms with Crippen LogP contribution in [0.2, 0.25) is 0 Å². The number of alkyl halides is 3. The van der Waals surface area contributed by atoms with Gasteiger partial charge >= 0.3 is 6.18 Å². The van der Waals surface area contributed by atoms with Crippen molar-refractivity contribution in [3.8, 4) is 0 Å². The van der Waals surface area contributed by atoms with Crippen molar-refractivity contribution in [2.75, 3.05) is 38.6 Å². The molecule has 1 aromatic carbocycles. The Morgan fingerprint density at radius 1 is 1.20 bits per heavy atom. The standard InChI is InChI=1S/C19H27F3N4O3S/c1-25(2)14-5-6-17(15(12-14)19(20,21)22)30(28,29)24-13-7-10-26(11-8-13)18(27)16-4-3-9-23-16/h5-6,12-13,16,23-24H,3-4,7-11H2,1-2H3/t16-/m1/s1. The van der Waals surface area contributed by atoms with E-state index in [0.717, 1.165) is 31.5 Å². The van der Waals surface area contributed by atoms with Gasteiger partial charge in [0.15, 0.2) is 0 Å². The van der Waals surface area contributed by atoms with Crippen molar-refractivity contribution in [1.29, 1.82) is 0 Å². The van der Waals surface area contributed by atoms with E-state index in [9.17, 15) is 26.4 Å². The maximum Gasteiger partial charge on any atom is 0.417 e. The first-order chi connectivity index (χ1) is 14.0. The van der Waals surface area contributed by atoms with E-state index in [4.69, 9.17) is 0 Å². The van der Waals surface area contributed by atoms with Crippen molar-refractivity contribution in [3.63, 3.8) is 0 Å². The summed E-state index contributed by atoms with van der Waals surface area (Å²) in [5.41, 5.74) is -0.935. The number of hydrogen-bond donors (Lipinski definition) is 2. The number of benzene rings is 1. The fourth-order valence-corrected chi connectivity index (χ4v) is 5.38. The summed E-state index contributed by atoms with van der Waals surface area (Å²) in [4.78, 5) is 14.8. The van der Waals surface area contributed by atoms with Crippen LogP contribution in [-0.2, 0) is 21.0 Å². The molecule has 11 heteroatoms. The summed E-state index contributed by atoms with van der Waals surface area (Å²) in [5, 5.41) is 3.14. The number of carbonyl (C=O) groups excluding carboxylic acids is 1. The third-order valence-corrected chi connectivity index (χ3v) is 7.14. The number of nitrogens with zero attached hydrogens (tertiary/aromatic N) is 2. The Morgan fingerprint density at radius 3 is 2.40 bits per heavy atom. The minimum atomic E-state index is -4.81. The highest BCUT2D eigenvalue weighted by Crippen LogP contribution is 2.36. The minimum absolute atomic E-state index is 0.00689. The molecule has 1 atom stereocenters. The van der Waals surface area contributed by atoms with Gasteiger partial charge in [-0.1, -0.05) is 0 Å². The van der Waals surface area contributed by atoms with Crippen LogP contribution in [0.4, 0.5) is 18.9 Å². The predicted octanol–water partition coefficient (Wildman–Crippen LogP) is 1.79. The number of sulfonamides is 1. The first-order valence-corrected chi connectivity index (χ1v) is 11.4. The van der Waals surface area contributed by atoms with E-state index in [2.05, 4.69) is 10.0 Å². The van der Waals surface area contributed by atoms with Gasteiger partial charge in [-0.3, -0.25) is 4.79 Å². The average Bonchev–Trinajstić information content (AvgIpc) is 3.21. The summed E-state index contributed by atoms with van der Waals surface area (Å²) >= 11 is 0. The van der Waals surface area contributed by atoms with Crippen LogP contribution in [0.1, 0.15) is 31.2 Å². The van der Waals surface area contributed by atoms with Crippen LogP contribution in [-0.4, -0.2) is 65.0 Å². The highest BCUT2D eigenvalue weighted by Gasteiger charge is 2.39. The lowest BCUT2D eigenvalue weighted by molar-refractivity contribution is -0.140. The fourth-order valence-electron chi connectivity index (χ4n) is 3.87. The number of likely N-dealkylation sites (tertiary alicyclic amines) is 1.